The zero-order chi connectivity index (χ0) is 35.6. The minimum atomic E-state index is 0.573. The highest BCUT2D eigenvalue weighted by Crippen LogP contribution is 2.41. The van der Waals surface area contributed by atoms with Gasteiger partial charge in [-0.05, 0) is 81.2 Å². The normalized spacial score (nSPS) is 11.7. The van der Waals surface area contributed by atoms with Crippen molar-refractivity contribution in [2.75, 3.05) is 0 Å². The number of hydrogen-bond acceptors (Lipinski definition) is 6. The maximum absolute atomic E-state index is 6.43. The van der Waals surface area contributed by atoms with Crippen molar-refractivity contribution in [3.63, 3.8) is 0 Å². The summed E-state index contributed by atoms with van der Waals surface area (Å²) in [5.41, 5.74) is 8.85. The molecule has 54 heavy (non-hydrogen) atoms. The maximum atomic E-state index is 6.43. The molecule has 0 bridgehead atoms. The number of furan rings is 1. The highest BCUT2D eigenvalue weighted by molar-refractivity contribution is 6.25. The van der Waals surface area contributed by atoms with Crippen LogP contribution in [0.15, 0.2) is 179 Å². The lowest BCUT2D eigenvalue weighted by atomic mass is 9.99. The Morgan fingerprint density at radius 1 is 0.315 bits per heavy atom. The van der Waals surface area contributed by atoms with Crippen molar-refractivity contribution in [2.24, 2.45) is 0 Å². The van der Waals surface area contributed by atoms with E-state index >= 15 is 0 Å². The minimum Gasteiger partial charge on any atom is -0.456 e. The second-order valence-corrected chi connectivity index (χ2v) is 13.5. The van der Waals surface area contributed by atoms with Crippen LogP contribution in [-0.2, 0) is 0 Å². The monoisotopic (exact) mass is 692 g/mol. The fourth-order valence-electron chi connectivity index (χ4n) is 7.46. The van der Waals surface area contributed by atoms with Crippen LogP contribution in [0.4, 0.5) is 0 Å². The van der Waals surface area contributed by atoms with E-state index in [1.807, 2.05) is 78.9 Å². The van der Waals surface area contributed by atoms with E-state index in [0.717, 1.165) is 71.6 Å². The van der Waals surface area contributed by atoms with Crippen LogP contribution in [0.5, 0.6) is 0 Å². The van der Waals surface area contributed by atoms with Gasteiger partial charge in [-0.3, -0.25) is 0 Å². The molecule has 0 amide bonds. The summed E-state index contributed by atoms with van der Waals surface area (Å²) in [6.45, 7) is 0. The molecule has 0 fully saturated rings. The largest absolute Gasteiger partial charge is 0.456 e. The average molecular weight is 693 g/mol. The molecule has 0 saturated heterocycles. The van der Waals surface area contributed by atoms with E-state index in [-0.39, 0.29) is 0 Å². The van der Waals surface area contributed by atoms with Gasteiger partial charge in [-0.2, -0.15) is 0 Å². The van der Waals surface area contributed by atoms with Crippen molar-refractivity contribution in [2.45, 2.75) is 0 Å². The van der Waals surface area contributed by atoms with Gasteiger partial charge in [-0.1, -0.05) is 121 Å². The smallest absolute Gasteiger partial charge is 0.227 e. The SMILES string of the molecule is c1ccc(-c2nc(-c3cccc(-c4ccc5ccccc5c4)c3)nc(-c3ccc4ccc5oc6ccc7oc(-c8ccccc8)nc7c6c5c4c3)n2)cc1. The van der Waals surface area contributed by atoms with Crippen LogP contribution in [-0.4, -0.2) is 19.9 Å². The first-order valence-electron chi connectivity index (χ1n) is 17.9. The van der Waals surface area contributed by atoms with Gasteiger partial charge in [0.2, 0.25) is 5.89 Å². The van der Waals surface area contributed by atoms with E-state index in [2.05, 4.69) is 91.0 Å². The topological polar surface area (TPSA) is 77.8 Å². The van der Waals surface area contributed by atoms with Gasteiger partial charge in [-0.25, -0.2) is 19.9 Å². The predicted molar refractivity (Wildman–Crippen MR) is 217 cm³/mol. The molecule has 11 aromatic rings. The van der Waals surface area contributed by atoms with Crippen molar-refractivity contribution in [1.29, 1.82) is 0 Å². The van der Waals surface area contributed by atoms with Crippen molar-refractivity contribution in [3.05, 3.63) is 170 Å². The Labute approximate surface area is 309 Å². The van der Waals surface area contributed by atoms with Gasteiger partial charge in [0.15, 0.2) is 23.1 Å². The Bertz CT molecular complexity index is 3220. The first-order chi connectivity index (χ1) is 26.7. The molecular weight excluding hydrogens is 665 g/mol. The number of oxazole rings is 1. The summed E-state index contributed by atoms with van der Waals surface area (Å²) in [5.74, 6) is 2.37. The van der Waals surface area contributed by atoms with Crippen LogP contribution < -0.4 is 0 Å². The molecule has 0 atom stereocenters. The van der Waals surface area contributed by atoms with Crippen LogP contribution in [0, 0.1) is 0 Å². The zero-order valence-corrected chi connectivity index (χ0v) is 28.8. The summed E-state index contributed by atoms with van der Waals surface area (Å²) >= 11 is 0. The molecular formula is C48H28N4O2. The number of aromatic nitrogens is 4. The van der Waals surface area contributed by atoms with E-state index in [4.69, 9.17) is 28.8 Å². The van der Waals surface area contributed by atoms with Crippen molar-refractivity contribution in [1.82, 2.24) is 19.9 Å². The Morgan fingerprint density at radius 2 is 0.870 bits per heavy atom. The van der Waals surface area contributed by atoms with Gasteiger partial charge in [0.05, 0.1) is 5.39 Å². The fraction of sp³-hybridized carbons (Fsp3) is 0. The second-order valence-electron chi connectivity index (χ2n) is 13.5. The molecule has 0 N–H and O–H groups in total. The van der Waals surface area contributed by atoms with Gasteiger partial charge in [-0.15, -0.1) is 0 Å². The summed E-state index contributed by atoms with van der Waals surface area (Å²) < 4.78 is 12.7. The summed E-state index contributed by atoms with van der Waals surface area (Å²) in [5, 5.41) is 6.39. The minimum absolute atomic E-state index is 0.573. The first kappa shape index (κ1) is 30.2. The molecule has 8 aromatic carbocycles. The Kier molecular flexibility index (Phi) is 6.75. The molecule has 11 rings (SSSR count). The quantitative estimate of drug-likeness (QED) is 0.179. The Morgan fingerprint density at radius 3 is 1.69 bits per heavy atom. The molecule has 3 aromatic heterocycles. The van der Waals surface area contributed by atoms with Gasteiger partial charge in [0, 0.05) is 27.6 Å². The maximum Gasteiger partial charge on any atom is 0.227 e. The molecule has 0 aliphatic rings. The first-order valence-corrected chi connectivity index (χ1v) is 17.9. The fourth-order valence-corrected chi connectivity index (χ4v) is 7.46. The summed E-state index contributed by atoms with van der Waals surface area (Å²) in [6, 6.07) is 57.8. The van der Waals surface area contributed by atoms with Crippen LogP contribution >= 0.6 is 0 Å². The lowest BCUT2D eigenvalue weighted by Crippen LogP contribution is -2.00. The van der Waals surface area contributed by atoms with Gasteiger partial charge < -0.3 is 8.83 Å². The van der Waals surface area contributed by atoms with Crippen LogP contribution in [0.25, 0.3) is 111 Å². The molecule has 6 nitrogen and oxygen atoms in total. The highest BCUT2D eigenvalue weighted by atomic mass is 16.4. The molecule has 252 valence electrons. The summed E-state index contributed by atoms with van der Waals surface area (Å²) in [7, 11) is 0. The number of benzene rings is 8. The third-order valence-corrected chi connectivity index (χ3v) is 10.1. The van der Waals surface area contributed by atoms with Gasteiger partial charge >= 0.3 is 0 Å². The standard InChI is InChI=1S/C48H28N4O2/c1-3-11-31(12-4-1)45-50-46(36-17-9-16-34(27-36)35-20-18-29-10-7-8-15-33(29)26-35)52-47(51-45)37-21-19-30-22-23-39-42(38(30)28-37)43-40(53-39)24-25-41-44(43)49-48(54-41)32-13-5-2-6-14-32/h1-28H. The number of hydrogen-bond donors (Lipinski definition) is 0. The molecule has 0 spiro atoms. The predicted octanol–water partition coefficient (Wildman–Crippen LogP) is 12.6. The Hall–Kier alpha value is -7.44. The zero-order valence-electron chi connectivity index (χ0n) is 28.8. The van der Waals surface area contributed by atoms with Crippen molar-refractivity contribution in [3.8, 4) is 56.7 Å². The molecule has 6 heteroatoms. The Balaban J connectivity index is 1.09. The van der Waals surface area contributed by atoms with E-state index in [1.165, 1.54) is 10.8 Å². The molecule has 0 unspecified atom stereocenters. The van der Waals surface area contributed by atoms with Crippen LogP contribution in [0.2, 0.25) is 0 Å². The lowest BCUT2D eigenvalue weighted by Gasteiger charge is -2.11. The van der Waals surface area contributed by atoms with Crippen molar-refractivity contribution >= 4 is 54.6 Å². The van der Waals surface area contributed by atoms with Crippen molar-refractivity contribution < 1.29 is 8.83 Å². The third kappa shape index (κ3) is 5.04. The van der Waals surface area contributed by atoms with E-state index in [1.54, 1.807) is 0 Å². The van der Waals surface area contributed by atoms with Crippen LogP contribution in [0.3, 0.4) is 0 Å². The number of fused-ring (bicyclic) bond motifs is 8. The average Bonchev–Trinajstić information content (AvgIpc) is 3.86. The molecule has 0 aliphatic heterocycles. The summed E-state index contributed by atoms with van der Waals surface area (Å²) in [4.78, 5) is 20.2. The highest BCUT2D eigenvalue weighted by Gasteiger charge is 2.20. The van der Waals surface area contributed by atoms with Crippen LogP contribution in [0.1, 0.15) is 0 Å². The van der Waals surface area contributed by atoms with E-state index in [9.17, 15) is 0 Å². The number of nitrogens with zero attached hydrogens (tertiary/aromatic N) is 4. The van der Waals surface area contributed by atoms with E-state index < -0.39 is 0 Å². The lowest BCUT2D eigenvalue weighted by molar-refractivity contribution is 0.619. The third-order valence-electron chi connectivity index (χ3n) is 10.1. The van der Waals surface area contributed by atoms with Gasteiger partial charge in [0.25, 0.3) is 0 Å². The summed E-state index contributed by atoms with van der Waals surface area (Å²) in [6.07, 6.45) is 0. The molecule has 0 radical (unpaired) electrons. The molecule has 3 heterocycles. The van der Waals surface area contributed by atoms with Gasteiger partial charge in [0.1, 0.15) is 16.7 Å². The molecule has 0 saturated carbocycles. The van der Waals surface area contributed by atoms with E-state index in [0.29, 0.717) is 28.9 Å². The molecule has 0 aliphatic carbocycles. The number of rotatable bonds is 5. The second kappa shape index (κ2) is 12.1.